The maximum absolute atomic E-state index is 13.6. The fourth-order valence-electron chi connectivity index (χ4n) is 5.21. The molecule has 1 amide bonds. The third-order valence-electron chi connectivity index (χ3n) is 7.33. The van der Waals surface area contributed by atoms with E-state index in [1.807, 2.05) is 36.4 Å². The van der Waals surface area contributed by atoms with Crippen LogP contribution in [0.15, 0.2) is 71.6 Å². The van der Waals surface area contributed by atoms with Gasteiger partial charge in [0.05, 0.1) is 22.6 Å². The number of aliphatic hydroxyl groups excluding tert-OH is 1. The van der Waals surface area contributed by atoms with E-state index in [0.29, 0.717) is 50.5 Å². The third kappa shape index (κ3) is 6.48. The Labute approximate surface area is 254 Å². The number of ether oxygens (including phenoxy) is 1. The second kappa shape index (κ2) is 13.5. The van der Waals surface area contributed by atoms with E-state index in [4.69, 9.17) is 4.74 Å². The zero-order valence-corrected chi connectivity index (χ0v) is 26.9. The molecule has 0 unspecified atom stereocenters. The van der Waals surface area contributed by atoms with E-state index in [0.717, 1.165) is 17.5 Å². The van der Waals surface area contributed by atoms with E-state index >= 15 is 0 Å². The molecule has 2 aliphatic heterocycles. The summed E-state index contributed by atoms with van der Waals surface area (Å²) in [6.07, 6.45) is 2.55. The van der Waals surface area contributed by atoms with E-state index in [1.165, 1.54) is 4.31 Å². The Kier molecular flexibility index (Phi) is 10.9. The molecule has 0 radical (unpaired) electrons. The van der Waals surface area contributed by atoms with Gasteiger partial charge in [-0.1, -0.05) is 18.2 Å². The number of nitrogens with zero attached hydrogens (tertiary/aromatic N) is 2. The van der Waals surface area contributed by atoms with Gasteiger partial charge in [-0.05, 0) is 49.9 Å². The fraction of sp³-hybridized carbons (Fsp3) is 0.345. The van der Waals surface area contributed by atoms with Crippen LogP contribution in [0.5, 0.6) is 0 Å². The molecule has 10 heteroatoms. The minimum Gasteiger partial charge on any atom is -0.395 e. The molecule has 3 aromatic rings. The van der Waals surface area contributed by atoms with Crippen LogP contribution >= 0.6 is 0 Å². The van der Waals surface area contributed by atoms with Crippen LogP contribution in [-0.4, -0.2) is 61.1 Å². The number of sulfonamides is 1. The molecular formula is C29H33N3O5SU. The molecule has 3 heterocycles. The second-order valence-corrected chi connectivity index (χ2v) is 11.4. The maximum atomic E-state index is 13.6. The molecule has 2 aromatic carbocycles. The number of aliphatic hydroxyl groups is 1. The summed E-state index contributed by atoms with van der Waals surface area (Å²) in [7, 11) is -3.69. The number of hydrogen-bond donors (Lipinski definition) is 2. The monoisotopic (exact) mass is 773 g/mol. The summed E-state index contributed by atoms with van der Waals surface area (Å²) in [6, 6.07) is 22.0. The first-order chi connectivity index (χ1) is 17.9. The van der Waals surface area contributed by atoms with Crippen LogP contribution in [0.2, 0.25) is 0 Å². The minimum absolute atomic E-state index is 0. The molecule has 0 aliphatic carbocycles. The molecule has 2 aliphatic rings. The molecule has 1 aromatic heterocycles. The zero-order valence-electron chi connectivity index (χ0n) is 22.0. The number of carbonyl (C=O) groups is 1. The van der Waals surface area contributed by atoms with Crippen LogP contribution < -0.4 is 5.32 Å². The van der Waals surface area contributed by atoms with Crippen molar-refractivity contribution in [1.82, 2.24) is 9.29 Å². The van der Waals surface area contributed by atoms with Gasteiger partial charge in [0.25, 0.3) is 0 Å². The van der Waals surface area contributed by atoms with Gasteiger partial charge in [-0.2, -0.15) is 34.6 Å². The predicted octanol–water partition coefficient (Wildman–Crippen LogP) is 3.83. The average molecular weight is 774 g/mol. The molecule has 8 nitrogen and oxygen atoms in total. The number of hydrogen-bond acceptors (Lipinski definition) is 6. The zero-order chi connectivity index (χ0) is 25.9. The molecule has 204 valence electrons. The molecular weight excluding hydrogens is 740 g/mol. The van der Waals surface area contributed by atoms with Crippen LogP contribution in [0.1, 0.15) is 31.2 Å². The van der Waals surface area contributed by atoms with Crippen molar-refractivity contribution in [3.63, 3.8) is 0 Å². The Morgan fingerprint density at radius 3 is 2.46 bits per heavy atom. The molecule has 0 saturated carbocycles. The van der Waals surface area contributed by atoms with E-state index < -0.39 is 15.4 Å². The molecule has 0 spiro atoms. The first-order valence-electron chi connectivity index (χ1n) is 12.5. The van der Waals surface area contributed by atoms with Gasteiger partial charge in [-0.15, -0.1) is 5.56 Å². The van der Waals surface area contributed by atoms with Crippen LogP contribution in [-0.2, 0) is 25.0 Å². The van der Waals surface area contributed by atoms with E-state index in [2.05, 4.69) is 16.4 Å². The van der Waals surface area contributed by atoms with Crippen molar-refractivity contribution in [1.29, 1.82) is 0 Å². The summed E-state index contributed by atoms with van der Waals surface area (Å²) in [4.78, 5) is 18.4. The topological polar surface area (TPSA) is 109 Å². The number of rotatable bonds is 7. The molecule has 2 N–H and O–H groups in total. The Morgan fingerprint density at radius 1 is 1.10 bits per heavy atom. The van der Waals surface area contributed by atoms with Gasteiger partial charge in [0.1, 0.15) is 5.82 Å². The van der Waals surface area contributed by atoms with Crippen molar-refractivity contribution in [2.75, 3.05) is 31.7 Å². The number of benzene rings is 2. The number of pyridine rings is 1. The van der Waals surface area contributed by atoms with Crippen molar-refractivity contribution < 1.29 is 54.2 Å². The van der Waals surface area contributed by atoms with Crippen LogP contribution in [0.25, 0.3) is 11.3 Å². The van der Waals surface area contributed by atoms with Gasteiger partial charge < -0.3 is 22.6 Å². The first-order valence-corrected chi connectivity index (χ1v) is 13.9. The van der Waals surface area contributed by atoms with Crippen molar-refractivity contribution in [2.24, 2.45) is 0 Å². The van der Waals surface area contributed by atoms with Crippen molar-refractivity contribution in [2.45, 2.75) is 42.0 Å². The van der Waals surface area contributed by atoms with Gasteiger partial charge in [0.2, 0.25) is 15.9 Å². The van der Waals surface area contributed by atoms with E-state index in [9.17, 15) is 18.3 Å². The summed E-state index contributed by atoms with van der Waals surface area (Å²) in [5, 5.41) is 12.5. The van der Waals surface area contributed by atoms with Gasteiger partial charge in [0, 0.05) is 31.4 Å². The Balaban J connectivity index is 0.00000210. The Morgan fingerprint density at radius 2 is 1.79 bits per heavy atom. The normalized spacial score (nSPS) is 18.9. The molecule has 0 bridgehead atoms. The molecule has 1 atom stereocenters. The summed E-state index contributed by atoms with van der Waals surface area (Å²) in [6.45, 7) is 1.24. The number of nitrogens with one attached hydrogen (secondary N) is 1. The van der Waals surface area contributed by atoms with Crippen LogP contribution in [0.4, 0.5) is 5.82 Å². The van der Waals surface area contributed by atoms with Crippen LogP contribution in [0, 0.1) is 44.6 Å². The first kappa shape index (κ1) is 31.5. The summed E-state index contributed by atoms with van der Waals surface area (Å²) in [5.41, 5.74) is 1.57. The number of amides is 1. The van der Waals surface area contributed by atoms with Crippen molar-refractivity contribution in [3.05, 3.63) is 85.8 Å². The van der Waals surface area contributed by atoms with Gasteiger partial charge in [-0.3, -0.25) is 4.79 Å². The molecule has 2 saturated heterocycles. The Bertz CT molecular complexity index is 1350. The quantitative estimate of drug-likeness (QED) is 0.354. The predicted molar refractivity (Wildman–Crippen MR) is 146 cm³/mol. The number of carbonyl (C=O) groups excluding carboxylic acids is 1. The standard InChI is InChI=1S/C28H30N3O5S.CH3.U/c32-20-23-8-5-17-31(23)37(34,35)24-13-11-21(12-14-24)25-9-4-10-26(29-25)30-27(33)28(15-18-36-19-16-28)22-6-2-1-3-7-22;;/h2-4,6-7,9-14,23,32H,5,8,15-20H2,(H,29,30,33);1H3;/q2*-1;+2/t23-;;/m1../s1. The van der Waals surface area contributed by atoms with Gasteiger partial charge >= 0.3 is 31.1 Å². The van der Waals surface area contributed by atoms with Gasteiger partial charge in [-0.25, -0.2) is 13.4 Å². The second-order valence-electron chi connectivity index (χ2n) is 9.46. The average Bonchev–Trinajstić information content (AvgIpc) is 3.44. The number of aromatic nitrogens is 1. The number of anilines is 1. The summed E-state index contributed by atoms with van der Waals surface area (Å²) < 4.78 is 33.1. The largest absolute Gasteiger partial charge is 2.00 e. The van der Waals surface area contributed by atoms with E-state index in [1.54, 1.807) is 30.3 Å². The SMILES string of the molecule is O=C(Nc1cccc(-c2ccc(S(=O)(=O)N3CCC[C@@H]3CO)cc2)n1)C1(c2cc[c-]cc2)CCOCC1.[CH3-].[U+2]. The third-order valence-corrected chi connectivity index (χ3v) is 9.30. The summed E-state index contributed by atoms with van der Waals surface area (Å²) >= 11 is 0. The van der Waals surface area contributed by atoms with Crippen molar-refractivity contribution >= 4 is 21.7 Å². The van der Waals surface area contributed by atoms with Crippen LogP contribution in [0.3, 0.4) is 0 Å². The van der Waals surface area contributed by atoms with Crippen molar-refractivity contribution in [3.8, 4) is 11.3 Å². The fourth-order valence-corrected chi connectivity index (χ4v) is 6.90. The summed E-state index contributed by atoms with van der Waals surface area (Å²) in [5.74, 6) is 0.299. The molecule has 39 heavy (non-hydrogen) atoms. The molecule has 5 rings (SSSR count). The Hall–Kier alpha value is -2.06. The van der Waals surface area contributed by atoms with E-state index in [-0.39, 0.29) is 62.0 Å². The molecule has 2 fully saturated rings. The minimum atomic E-state index is -3.69. The maximum Gasteiger partial charge on any atom is 2.00 e. The van der Waals surface area contributed by atoms with Gasteiger partial charge in [0.15, 0.2) is 0 Å². The smallest absolute Gasteiger partial charge is 0.395 e.